The van der Waals surface area contributed by atoms with Crippen LogP contribution in [-0.2, 0) is 4.79 Å². The third kappa shape index (κ3) is 3.80. The van der Waals surface area contributed by atoms with Crippen molar-refractivity contribution in [2.45, 2.75) is 25.8 Å². The average Bonchev–Trinajstić information content (AvgIpc) is 3.44. The van der Waals surface area contributed by atoms with Gasteiger partial charge in [0.15, 0.2) is 0 Å². The fraction of sp³-hybridized carbons (Fsp3) is 0.280. The maximum atomic E-state index is 14.8. The third-order valence-corrected chi connectivity index (χ3v) is 6.30. The summed E-state index contributed by atoms with van der Waals surface area (Å²) in [6, 6.07) is 12.7. The van der Waals surface area contributed by atoms with Gasteiger partial charge in [0, 0.05) is 59.6 Å². The molecule has 2 aromatic carbocycles. The van der Waals surface area contributed by atoms with Crippen LogP contribution in [0.5, 0.6) is 0 Å². The van der Waals surface area contributed by atoms with Crippen LogP contribution in [0.1, 0.15) is 36.7 Å². The fourth-order valence-corrected chi connectivity index (χ4v) is 4.58. The predicted molar refractivity (Wildman–Crippen MR) is 125 cm³/mol. The maximum Gasteiger partial charge on any atom is 0.257 e. The Morgan fingerprint density at radius 1 is 1.22 bits per heavy atom. The van der Waals surface area contributed by atoms with E-state index in [1.807, 2.05) is 18.2 Å². The molecule has 0 unspecified atom stereocenters. The Labute approximate surface area is 186 Å². The molecule has 0 atom stereocenters. The van der Waals surface area contributed by atoms with Gasteiger partial charge in [-0.2, -0.15) is 0 Å². The van der Waals surface area contributed by atoms with Gasteiger partial charge in [-0.3, -0.25) is 4.79 Å². The number of hydrogen-bond acceptors (Lipinski definition) is 4. The van der Waals surface area contributed by atoms with Crippen LogP contribution in [0, 0.1) is 5.82 Å². The lowest BCUT2D eigenvalue weighted by molar-refractivity contribution is -0.110. The van der Waals surface area contributed by atoms with Crippen molar-refractivity contribution in [3.05, 3.63) is 77.6 Å². The first kappa shape index (κ1) is 20.5. The van der Waals surface area contributed by atoms with E-state index in [4.69, 9.17) is 0 Å². The third-order valence-electron chi connectivity index (χ3n) is 6.30. The summed E-state index contributed by atoms with van der Waals surface area (Å²) in [5.74, 6) is -0.203. The second-order valence-corrected chi connectivity index (χ2v) is 8.23. The highest BCUT2D eigenvalue weighted by Gasteiger charge is 2.31. The Kier molecular flexibility index (Phi) is 5.49. The quantitative estimate of drug-likeness (QED) is 0.525. The van der Waals surface area contributed by atoms with Crippen molar-refractivity contribution in [2.24, 2.45) is 0 Å². The average molecular weight is 432 g/mol. The molecule has 0 bridgehead atoms. The molecule has 1 saturated heterocycles. The van der Waals surface area contributed by atoms with E-state index in [0.29, 0.717) is 28.6 Å². The van der Waals surface area contributed by atoms with Gasteiger partial charge in [-0.1, -0.05) is 25.1 Å². The minimum Gasteiger partial charge on any atom is -0.382 e. The smallest absolute Gasteiger partial charge is 0.257 e. The second-order valence-electron chi connectivity index (χ2n) is 8.23. The second kappa shape index (κ2) is 8.59. The number of carbonyl (C=O) groups is 1. The van der Waals surface area contributed by atoms with E-state index in [1.165, 1.54) is 6.07 Å². The Balaban J connectivity index is 1.56. The van der Waals surface area contributed by atoms with Crippen molar-refractivity contribution in [1.29, 1.82) is 0 Å². The Morgan fingerprint density at radius 2 is 2.03 bits per heavy atom. The molecular formula is C25H26FN5O. The zero-order chi connectivity index (χ0) is 22.1. The van der Waals surface area contributed by atoms with Gasteiger partial charge in [0.25, 0.3) is 5.91 Å². The molecule has 1 amide bonds. The number of amides is 1. The summed E-state index contributed by atoms with van der Waals surface area (Å²) >= 11 is 0. The number of anilines is 2. The number of nitrogens with one attached hydrogen (secondary N) is 3. The number of carbonyl (C=O) groups excluding carboxylic acids is 1. The molecule has 0 aliphatic carbocycles. The minimum absolute atomic E-state index is 0.261. The lowest BCUT2D eigenvalue weighted by Crippen LogP contribution is -2.38. The number of halogens is 1. The Hall–Kier alpha value is -3.45. The number of aromatic nitrogens is 2. The van der Waals surface area contributed by atoms with Gasteiger partial charge < -0.3 is 20.5 Å². The molecule has 0 radical (unpaired) electrons. The summed E-state index contributed by atoms with van der Waals surface area (Å²) < 4.78 is 14.8. The topological polar surface area (TPSA) is 73.0 Å². The molecular weight excluding hydrogens is 405 g/mol. The molecule has 0 spiro atoms. The number of nitrogens with zero attached hydrogens (tertiary/aromatic N) is 2. The molecule has 3 N–H and O–H groups in total. The summed E-state index contributed by atoms with van der Waals surface area (Å²) in [5.41, 5.74) is 3.64. The first-order chi connectivity index (χ1) is 15.6. The molecule has 32 heavy (non-hydrogen) atoms. The van der Waals surface area contributed by atoms with E-state index in [9.17, 15) is 9.18 Å². The zero-order valence-corrected chi connectivity index (χ0v) is 18.0. The van der Waals surface area contributed by atoms with E-state index >= 15 is 0 Å². The summed E-state index contributed by atoms with van der Waals surface area (Å²) in [7, 11) is 0. The molecule has 5 rings (SSSR count). The van der Waals surface area contributed by atoms with Crippen LogP contribution in [0.3, 0.4) is 0 Å². The number of hydrogen-bond donors (Lipinski definition) is 3. The molecule has 164 valence electrons. The number of imidazole rings is 1. The molecule has 3 heterocycles. The highest BCUT2D eigenvalue weighted by atomic mass is 19.1. The van der Waals surface area contributed by atoms with Crippen LogP contribution in [-0.4, -0.2) is 46.5 Å². The number of aromatic amines is 1. The molecule has 7 heteroatoms. The summed E-state index contributed by atoms with van der Waals surface area (Å²) in [6.07, 6.45) is 5.44. The molecule has 0 saturated carbocycles. The number of fused-ring (bicyclic) bond motifs is 1. The van der Waals surface area contributed by atoms with Crippen LogP contribution in [0.4, 0.5) is 15.8 Å². The van der Waals surface area contributed by atoms with Crippen LogP contribution < -0.4 is 10.6 Å². The van der Waals surface area contributed by atoms with Gasteiger partial charge in [0.1, 0.15) is 11.6 Å². The lowest BCUT2D eigenvalue weighted by Gasteiger charge is -2.32. The largest absolute Gasteiger partial charge is 0.382 e. The number of benzene rings is 2. The molecule has 2 aliphatic heterocycles. The Bertz CT molecular complexity index is 1160. The molecule has 3 aromatic rings. The molecule has 6 nitrogen and oxygen atoms in total. The fourth-order valence-electron chi connectivity index (χ4n) is 4.58. The normalized spacial score (nSPS) is 18.4. The summed E-state index contributed by atoms with van der Waals surface area (Å²) in [6.45, 7) is 5.44. The van der Waals surface area contributed by atoms with Gasteiger partial charge in [0.2, 0.25) is 0 Å². The van der Waals surface area contributed by atoms with Gasteiger partial charge in [0.05, 0.1) is 5.57 Å². The van der Waals surface area contributed by atoms with Crippen LogP contribution in [0.25, 0.3) is 11.1 Å². The number of H-pyrrole nitrogens is 1. The van der Waals surface area contributed by atoms with E-state index in [1.54, 1.807) is 30.6 Å². The monoisotopic (exact) mass is 431 g/mol. The van der Waals surface area contributed by atoms with Crippen molar-refractivity contribution in [1.82, 2.24) is 14.9 Å². The van der Waals surface area contributed by atoms with E-state index in [-0.39, 0.29) is 5.91 Å². The SMILES string of the molecule is CCN1CCC(Nc2ccc3c(c2)C(=C(c2ncc[nH]2)c2ccccc2F)C(=O)N3)CC1. The van der Waals surface area contributed by atoms with E-state index in [0.717, 1.165) is 49.4 Å². The van der Waals surface area contributed by atoms with Crippen molar-refractivity contribution in [3.8, 4) is 0 Å². The van der Waals surface area contributed by atoms with Crippen LogP contribution >= 0.6 is 0 Å². The van der Waals surface area contributed by atoms with Crippen molar-refractivity contribution in [3.63, 3.8) is 0 Å². The molecule has 1 aromatic heterocycles. The van der Waals surface area contributed by atoms with Gasteiger partial charge >= 0.3 is 0 Å². The standard InChI is InChI=1S/C25H26FN5O/c1-2-31-13-9-16(10-14-31)29-17-7-8-21-19(15-17)23(25(32)30-21)22(24-27-11-12-28-24)18-5-3-4-6-20(18)26/h3-8,11-12,15-16,29H,2,9-10,13-14H2,1H3,(H,27,28)(H,30,32). The van der Waals surface area contributed by atoms with E-state index < -0.39 is 5.82 Å². The van der Waals surface area contributed by atoms with Crippen LogP contribution in [0.15, 0.2) is 54.9 Å². The maximum absolute atomic E-state index is 14.8. The number of likely N-dealkylation sites (tertiary alicyclic amines) is 1. The molecule has 1 fully saturated rings. The van der Waals surface area contributed by atoms with Gasteiger partial charge in [-0.15, -0.1) is 0 Å². The first-order valence-electron chi connectivity index (χ1n) is 11.1. The summed E-state index contributed by atoms with van der Waals surface area (Å²) in [4.78, 5) is 22.9. The van der Waals surface area contributed by atoms with Crippen LogP contribution in [0.2, 0.25) is 0 Å². The van der Waals surface area contributed by atoms with Crippen molar-refractivity contribution >= 4 is 28.4 Å². The first-order valence-corrected chi connectivity index (χ1v) is 11.1. The van der Waals surface area contributed by atoms with Gasteiger partial charge in [-0.05, 0) is 43.7 Å². The lowest BCUT2D eigenvalue weighted by atomic mass is 9.94. The summed E-state index contributed by atoms with van der Waals surface area (Å²) in [5, 5.41) is 6.56. The highest BCUT2D eigenvalue weighted by molar-refractivity contribution is 6.38. The van der Waals surface area contributed by atoms with Gasteiger partial charge in [-0.25, -0.2) is 9.37 Å². The Morgan fingerprint density at radius 3 is 2.75 bits per heavy atom. The highest BCUT2D eigenvalue weighted by Crippen LogP contribution is 2.41. The van der Waals surface area contributed by atoms with Crippen molar-refractivity contribution in [2.75, 3.05) is 30.3 Å². The predicted octanol–water partition coefficient (Wildman–Crippen LogP) is 4.36. The molecule has 2 aliphatic rings. The van der Waals surface area contributed by atoms with Crippen molar-refractivity contribution < 1.29 is 9.18 Å². The zero-order valence-electron chi connectivity index (χ0n) is 18.0. The number of rotatable bonds is 5. The number of piperidine rings is 1. The van der Waals surface area contributed by atoms with E-state index in [2.05, 4.69) is 32.4 Å². The minimum atomic E-state index is -0.399.